The Morgan fingerprint density at radius 2 is 2.08 bits per heavy atom. The third kappa shape index (κ3) is 5.88. The van der Waals surface area contributed by atoms with Crippen LogP contribution in [0.25, 0.3) is 0 Å². The molecule has 1 aromatic heterocycles. The number of aromatic nitrogens is 1. The van der Waals surface area contributed by atoms with Crippen molar-refractivity contribution in [3.63, 3.8) is 0 Å². The number of rotatable bonds is 6. The Bertz CT molecular complexity index is 555. The molecule has 0 aromatic carbocycles. The highest BCUT2D eigenvalue weighted by atomic mass is 16.5. The maximum atomic E-state index is 5.57. The van der Waals surface area contributed by atoms with Crippen LogP contribution >= 0.6 is 0 Å². The number of pyridine rings is 1. The average Bonchev–Trinajstić information content (AvgIpc) is 2.93. The molecule has 2 unspecified atom stereocenters. The Hall–Kier alpha value is -1.82. The van der Waals surface area contributed by atoms with Crippen LogP contribution in [0, 0.1) is 5.92 Å². The van der Waals surface area contributed by atoms with Crippen molar-refractivity contribution in [1.29, 1.82) is 0 Å². The van der Waals surface area contributed by atoms with Gasteiger partial charge in [0.1, 0.15) is 0 Å². The van der Waals surface area contributed by atoms with E-state index in [2.05, 4.69) is 46.3 Å². The molecule has 140 valence electrons. The summed E-state index contributed by atoms with van der Waals surface area (Å²) in [5.41, 5.74) is 1.10. The Morgan fingerprint density at radius 1 is 1.32 bits per heavy atom. The highest BCUT2D eigenvalue weighted by Gasteiger charge is 2.31. The first-order valence-corrected chi connectivity index (χ1v) is 9.21. The zero-order chi connectivity index (χ0) is 18.4. The van der Waals surface area contributed by atoms with E-state index in [1.165, 1.54) is 0 Å². The molecule has 2 rings (SSSR count). The Kier molecular flexibility index (Phi) is 7.05. The molecule has 0 spiro atoms. The van der Waals surface area contributed by atoms with Gasteiger partial charge in [-0.05, 0) is 39.2 Å². The first-order valence-electron chi connectivity index (χ1n) is 9.21. The first-order chi connectivity index (χ1) is 11.9. The normalized spacial score (nSPS) is 21.8. The largest absolute Gasteiger partial charge is 0.475 e. The third-order valence-electron chi connectivity index (χ3n) is 4.53. The quantitative estimate of drug-likeness (QED) is 0.610. The second-order valence-electron chi connectivity index (χ2n) is 7.37. The van der Waals surface area contributed by atoms with Crippen molar-refractivity contribution in [2.45, 2.75) is 59.4 Å². The molecule has 25 heavy (non-hydrogen) atoms. The van der Waals surface area contributed by atoms with Gasteiger partial charge in [-0.2, -0.15) is 0 Å². The Morgan fingerprint density at radius 3 is 2.60 bits per heavy atom. The van der Waals surface area contributed by atoms with Gasteiger partial charge in [0.15, 0.2) is 5.96 Å². The zero-order valence-corrected chi connectivity index (χ0v) is 16.4. The van der Waals surface area contributed by atoms with Gasteiger partial charge in [0.05, 0.1) is 6.10 Å². The molecule has 0 amide bonds. The minimum absolute atomic E-state index is 0.137. The van der Waals surface area contributed by atoms with E-state index in [0.29, 0.717) is 30.4 Å². The minimum atomic E-state index is 0.137. The molecule has 2 heterocycles. The smallest absolute Gasteiger partial charge is 0.213 e. The molecule has 0 aliphatic carbocycles. The highest BCUT2D eigenvalue weighted by Crippen LogP contribution is 2.18. The summed E-state index contributed by atoms with van der Waals surface area (Å²) in [6.45, 7) is 13.7. The topological polar surface area (TPSA) is 61.8 Å². The van der Waals surface area contributed by atoms with Crippen LogP contribution in [-0.4, -0.2) is 54.2 Å². The second-order valence-corrected chi connectivity index (χ2v) is 7.37. The van der Waals surface area contributed by atoms with Gasteiger partial charge in [-0.3, -0.25) is 9.89 Å². The van der Waals surface area contributed by atoms with Crippen LogP contribution in [0.4, 0.5) is 0 Å². The first kappa shape index (κ1) is 19.5. The second kappa shape index (κ2) is 9.04. The van der Waals surface area contributed by atoms with Crippen molar-refractivity contribution in [3.8, 4) is 5.88 Å². The molecule has 1 saturated heterocycles. The summed E-state index contributed by atoms with van der Waals surface area (Å²) in [6, 6.07) is 4.95. The summed E-state index contributed by atoms with van der Waals surface area (Å²) in [5.74, 6) is 2.11. The lowest BCUT2D eigenvalue weighted by atomic mass is 10.1. The van der Waals surface area contributed by atoms with E-state index in [9.17, 15) is 0 Å². The molecule has 2 atom stereocenters. The number of nitrogens with one attached hydrogen (secondary N) is 2. The highest BCUT2D eigenvalue weighted by molar-refractivity contribution is 5.80. The van der Waals surface area contributed by atoms with E-state index in [4.69, 9.17) is 4.74 Å². The Labute approximate surface area is 152 Å². The third-order valence-corrected chi connectivity index (χ3v) is 4.53. The van der Waals surface area contributed by atoms with Crippen LogP contribution < -0.4 is 15.4 Å². The number of aliphatic imine (C=N–C) groups is 1. The van der Waals surface area contributed by atoms with Gasteiger partial charge >= 0.3 is 0 Å². The molecule has 6 nitrogen and oxygen atoms in total. The number of likely N-dealkylation sites (tertiary alicyclic amines) is 1. The fourth-order valence-corrected chi connectivity index (χ4v) is 3.00. The molecule has 1 aliphatic rings. The van der Waals surface area contributed by atoms with Crippen molar-refractivity contribution < 1.29 is 4.74 Å². The number of hydrogen-bond donors (Lipinski definition) is 2. The molecule has 0 radical (unpaired) electrons. The fraction of sp³-hybridized carbons (Fsp3) is 0.684. The standard InChI is InChI=1S/C19H33N5O/c1-13(2)24-11-15(5)17(12-24)23-19(20-6)22-10-16-7-8-18(21-9-16)25-14(3)4/h7-9,13-15,17H,10-12H2,1-6H3,(H2,20,22,23). The lowest BCUT2D eigenvalue weighted by Crippen LogP contribution is -2.46. The molecule has 0 saturated carbocycles. The van der Waals surface area contributed by atoms with E-state index < -0.39 is 0 Å². The summed E-state index contributed by atoms with van der Waals surface area (Å²) in [5, 5.41) is 6.94. The summed E-state index contributed by atoms with van der Waals surface area (Å²) in [7, 11) is 1.81. The van der Waals surface area contributed by atoms with Crippen LogP contribution in [0.3, 0.4) is 0 Å². The number of hydrogen-bond acceptors (Lipinski definition) is 4. The molecule has 1 aromatic rings. The van der Waals surface area contributed by atoms with Gasteiger partial charge in [-0.25, -0.2) is 4.98 Å². The summed E-state index contributed by atoms with van der Waals surface area (Å²) < 4.78 is 5.57. The van der Waals surface area contributed by atoms with E-state index in [-0.39, 0.29) is 6.10 Å². The van der Waals surface area contributed by atoms with Gasteiger partial charge < -0.3 is 15.4 Å². The SMILES string of the molecule is CN=C(NCc1ccc(OC(C)C)nc1)NC1CN(C(C)C)CC1C. The molecular weight excluding hydrogens is 314 g/mol. The zero-order valence-electron chi connectivity index (χ0n) is 16.4. The van der Waals surface area contributed by atoms with Gasteiger partial charge in [0, 0.05) is 51.0 Å². The van der Waals surface area contributed by atoms with E-state index in [1.807, 2.05) is 39.2 Å². The van der Waals surface area contributed by atoms with Crippen molar-refractivity contribution >= 4 is 5.96 Å². The lowest BCUT2D eigenvalue weighted by Gasteiger charge is -2.22. The van der Waals surface area contributed by atoms with Gasteiger partial charge in [0.2, 0.25) is 5.88 Å². The number of ether oxygens (including phenoxy) is 1. The average molecular weight is 348 g/mol. The van der Waals surface area contributed by atoms with Crippen LogP contribution in [0.15, 0.2) is 23.3 Å². The minimum Gasteiger partial charge on any atom is -0.475 e. The van der Waals surface area contributed by atoms with E-state index in [0.717, 1.165) is 24.6 Å². The summed E-state index contributed by atoms with van der Waals surface area (Å²) >= 11 is 0. The van der Waals surface area contributed by atoms with Crippen LogP contribution in [0.2, 0.25) is 0 Å². The summed E-state index contributed by atoms with van der Waals surface area (Å²) in [6.07, 6.45) is 1.98. The Balaban J connectivity index is 1.84. The predicted octanol–water partition coefficient (Wildman–Crippen LogP) is 2.26. The number of nitrogens with zero attached hydrogens (tertiary/aromatic N) is 3. The fourth-order valence-electron chi connectivity index (χ4n) is 3.00. The monoisotopic (exact) mass is 347 g/mol. The van der Waals surface area contributed by atoms with E-state index in [1.54, 1.807) is 0 Å². The van der Waals surface area contributed by atoms with Crippen molar-refractivity contribution in [2.24, 2.45) is 10.9 Å². The van der Waals surface area contributed by atoms with E-state index >= 15 is 0 Å². The van der Waals surface area contributed by atoms with Gasteiger partial charge in [0.25, 0.3) is 0 Å². The molecule has 2 N–H and O–H groups in total. The van der Waals surface area contributed by atoms with Crippen molar-refractivity contribution in [2.75, 3.05) is 20.1 Å². The maximum Gasteiger partial charge on any atom is 0.213 e. The molecule has 1 aliphatic heterocycles. The van der Waals surface area contributed by atoms with Crippen LogP contribution in [-0.2, 0) is 6.54 Å². The number of guanidine groups is 1. The summed E-state index contributed by atoms with van der Waals surface area (Å²) in [4.78, 5) is 11.2. The molecule has 1 fully saturated rings. The maximum absolute atomic E-state index is 5.57. The van der Waals surface area contributed by atoms with Crippen molar-refractivity contribution in [1.82, 2.24) is 20.5 Å². The molecule has 0 bridgehead atoms. The van der Waals surface area contributed by atoms with Gasteiger partial charge in [-0.1, -0.05) is 13.0 Å². The van der Waals surface area contributed by atoms with Gasteiger partial charge in [-0.15, -0.1) is 0 Å². The van der Waals surface area contributed by atoms with Crippen molar-refractivity contribution in [3.05, 3.63) is 23.9 Å². The van der Waals surface area contributed by atoms with Crippen LogP contribution in [0.1, 0.15) is 40.2 Å². The predicted molar refractivity (Wildman–Crippen MR) is 103 cm³/mol. The molecular formula is C19H33N5O. The van der Waals surface area contributed by atoms with Crippen LogP contribution in [0.5, 0.6) is 5.88 Å². The lowest BCUT2D eigenvalue weighted by molar-refractivity contribution is 0.232. The molecule has 6 heteroatoms.